The summed E-state index contributed by atoms with van der Waals surface area (Å²) >= 11 is 0. The summed E-state index contributed by atoms with van der Waals surface area (Å²) in [4.78, 5) is 29.8. The predicted octanol–water partition coefficient (Wildman–Crippen LogP) is 2.01. The minimum atomic E-state index is -1.82. The number of aliphatic carboxylic acids is 2. The van der Waals surface area contributed by atoms with E-state index in [4.69, 9.17) is 19.8 Å². The molecule has 1 aliphatic carbocycles. The van der Waals surface area contributed by atoms with Crippen LogP contribution < -0.4 is 10.6 Å². The molecule has 0 aromatic carbocycles. The summed E-state index contributed by atoms with van der Waals surface area (Å²) < 4.78 is 0. The Bertz CT molecular complexity index is 356. The molecule has 0 spiro atoms. The number of hydrogen-bond donors (Lipinski definition) is 4. The molecule has 0 aromatic heterocycles. The van der Waals surface area contributed by atoms with E-state index in [0.29, 0.717) is 6.54 Å². The average Bonchev–Trinajstić information content (AvgIpc) is 2.57. The molecule has 1 fully saturated rings. The molecule has 7 nitrogen and oxygen atoms in total. The lowest BCUT2D eigenvalue weighted by Gasteiger charge is -2.21. The molecule has 0 aromatic rings. The Hall–Kier alpha value is -1.63. The lowest BCUT2D eigenvalue weighted by molar-refractivity contribution is -0.159. The molecule has 4 N–H and O–H groups in total. The Morgan fingerprint density at radius 2 is 1.58 bits per heavy atom. The third kappa shape index (κ3) is 14.0. The monoisotopic (exact) mass is 344 g/mol. The fourth-order valence-corrected chi connectivity index (χ4v) is 2.59. The fraction of sp³-hybridized carbons (Fsp3) is 0.824. The van der Waals surface area contributed by atoms with Gasteiger partial charge >= 0.3 is 11.9 Å². The standard InChI is InChI=1S/C15H30N2O.C2H2O4/c1-2-3-4-8-11-16-13-15(18)17-12-14-9-6-5-7-10-14;3-1(4)2(5)6/h14,16H,2-13H2,1H3,(H,17,18);(H,3,4)(H,5,6). The van der Waals surface area contributed by atoms with E-state index in [0.717, 1.165) is 19.0 Å². The number of hydrogen-bond acceptors (Lipinski definition) is 4. The highest BCUT2D eigenvalue weighted by Gasteiger charge is 2.13. The maximum absolute atomic E-state index is 11.6. The first kappa shape index (κ1) is 22.4. The van der Waals surface area contributed by atoms with E-state index in [1.807, 2.05) is 0 Å². The molecule has 140 valence electrons. The van der Waals surface area contributed by atoms with E-state index in [1.165, 1.54) is 57.8 Å². The van der Waals surface area contributed by atoms with Gasteiger partial charge in [0.25, 0.3) is 0 Å². The lowest BCUT2D eigenvalue weighted by atomic mass is 9.89. The summed E-state index contributed by atoms with van der Waals surface area (Å²) in [6.45, 7) is 4.55. The van der Waals surface area contributed by atoms with Crippen molar-refractivity contribution in [3.8, 4) is 0 Å². The van der Waals surface area contributed by atoms with Gasteiger partial charge in [0, 0.05) is 6.54 Å². The number of carboxylic acids is 2. The van der Waals surface area contributed by atoms with Crippen LogP contribution >= 0.6 is 0 Å². The van der Waals surface area contributed by atoms with Gasteiger partial charge in [0.15, 0.2) is 0 Å². The highest BCUT2D eigenvalue weighted by Crippen LogP contribution is 2.22. The van der Waals surface area contributed by atoms with E-state index in [2.05, 4.69) is 17.6 Å². The summed E-state index contributed by atoms with van der Waals surface area (Å²) in [6.07, 6.45) is 11.7. The molecule has 1 rings (SSSR count). The molecule has 1 saturated carbocycles. The van der Waals surface area contributed by atoms with Crippen molar-refractivity contribution in [3.05, 3.63) is 0 Å². The van der Waals surface area contributed by atoms with Crippen molar-refractivity contribution in [1.82, 2.24) is 10.6 Å². The quantitative estimate of drug-likeness (QED) is 0.376. The van der Waals surface area contributed by atoms with Crippen molar-refractivity contribution in [2.24, 2.45) is 5.92 Å². The lowest BCUT2D eigenvalue weighted by Crippen LogP contribution is -2.37. The van der Waals surface area contributed by atoms with Gasteiger partial charge < -0.3 is 20.8 Å². The second-order valence-electron chi connectivity index (χ2n) is 6.16. The van der Waals surface area contributed by atoms with Crippen LogP contribution in [0.3, 0.4) is 0 Å². The Morgan fingerprint density at radius 1 is 0.958 bits per heavy atom. The van der Waals surface area contributed by atoms with Gasteiger partial charge in [-0.1, -0.05) is 45.4 Å². The smallest absolute Gasteiger partial charge is 0.414 e. The number of nitrogens with one attached hydrogen (secondary N) is 2. The SMILES string of the molecule is CCCCCCNCC(=O)NCC1CCCCC1.O=C(O)C(=O)O. The molecule has 0 bridgehead atoms. The van der Waals surface area contributed by atoms with Crippen LogP contribution in [0.15, 0.2) is 0 Å². The van der Waals surface area contributed by atoms with Crippen molar-refractivity contribution in [2.75, 3.05) is 19.6 Å². The molecule has 7 heteroatoms. The Labute approximate surface area is 144 Å². The van der Waals surface area contributed by atoms with Crippen molar-refractivity contribution in [1.29, 1.82) is 0 Å². The molecular formula is C17H32N2O5. The zero-order valence-corrected chi connectivity index (χ0v) is 14.7. The first-order valence-electron chi connectivity index (χ1n) is 8.91. The van der Waals surface area contributed by atoms with Gasteiger partial charge in [-0.15, -0.1) is 0 Å². The van der Waals surface area contributed by atoms with Crippen LogP contribution in [-0.4, -0.2) is 47.7 Å². The van der Waals surface area contributed by atoms with Crippen molar-refractivity contribution in [2.45, 2.75) is 64.7 Å². The fourth-order valence-electron chi connectivity index (χ4n) is 2.59. The van der Waals surface area contributed by atoms with Gasteiger partial charge in [-0.3, -0.25) is 4.79 Å². The van der Waals surface area contributed by atoms with Crippen LogP contribution in [0.2, 0.25) is 0 Å². The highest BCUT2D eigenvalue weighted by atomic mass is 16.4. The average molecular weight is 344 g/mol. The first-order chi connectivity index (χ1) is 11.5. The van der Waals surface area contributed by atoms with Crippen LogP contribution in [0.25, 0.3) is 0 Å². The van der Waals surface area contributed by atoms with Gasteiger partial charge in [0.1, 0.15) is 0 Å². The molecular weight excluding hydrogens is 312 g/mol. The summed E-state index contributed by atoms with van der Waals surface area (Å²) in [5.41, 5.74) is 0. The first-order valence-corrected chi connectivity index (χ1v) is 8.91. The number of carbonyl (C=O) groups is 3. The number of amides is 1. The van der Waals surface area contributed by atoms with Gasteiger partial charge in [-0.25, -0.2) is 9.59 Å². The number of unbranched alkanes of at least 4 members (excludes halogenated alkanes) is 3. The zero-order valence-electron chi connectivity index (χ0n) is 14.7. The molecule has 24 heavy (non-hydrogen) atoms. The minimum absolute atomic E-state index is 0.163. The van der Waals surface area contributed by atoms with Gasteiger partial charge in [0.2, 0.25) is 5.91 Å². The largest absolute Gasteiger partial charge is 0.473 e. The van der Waals surface area contributed by atoms with E-state index >= 15 is 0 Å². The number of carboxylic acid groups (broad SMARTS) is 2. The third-order valence-corrected chi connectivity index (χ3v) is 3.99. The van der Waals surface area contributed by atoms with Gasteiger partial charge in [0.05, 0.1) is 6.54 Å². The summed E-state index contributed by atoms with van der Waals surface area (Å²) in [6, 6.07) is 0. The van der Waals surface area contributed by atoms with Crippen LogP contribution in [0.5, 0.6) is 0 Å². The Balaban J connectivity index is 0.000000754. The third-order valence-electron chi connectivity index (χ3n) is 3.99. The Kier molecular flexibility index (Phi) is 13.9. The van der Waals surface area contributed by atoms with E-state index < -0.39 is 11.9 Å². The topological polar surface area (TPSA) is 116 Å². The highest BCUT2D eigenvalue weighted by molar-refractivity contribution is 6.27. The van der Waals surface area contributed by atoms with Crippen molar-refractivity contribution >= 4 is 17.8 Å². The minimum Gasteiger partial charge on any atom is -0.473 e. The zero-order chi connectivity index (χ0) is 18.2. The maximum Gasteiger partial charge on any atom is 0.414 e. The van der Waals surface area contributed by atoms with Crippen LogP contribution in [0.4, 0.5) is 0 Å². The molecule has 1 amide bonds. The molecule has 0 aliphatic heterocycles. The number of carbonyl (C=O) groups excluding carboxylic acids is 1. The van der Waals surface area contributed by atoms with Crippen LogP contribution in [0.1, 0.15) is 64.7 Å². The second-order valence-corrected chi connectivity index (χ2v) is 6.16. The maximum atomic E-state index is 11.6. The molecule has 0 heterocycles. The predicted molar refractivity (Wildman–Crippen MR) is 91.9 cm³/mol. The van der Waals surface area contributed by atoms with Crippen LogP contribution in [0, 0.1) is 5.92 Å². The Morgan fingerprint density at radius 3 is 2.12 bits per heavy atom. The normalized spacial score (nSPS) is 14.4. The van der Waals surface area contributed by atoms with Gasteiger partial charge in [-0.2, -0.15) is 0 Å². The molecule has 0 radical (unpaired) electrons. The summed E-state index contributed by atoms with van der Waals surface area (Å²) in [5, 5.41) is 21.1. The molecule has 0 saturated heterocycles. The van der Waals surface area contributed by atoms with E-state index in [1.54, 1.807) is 0 Å². The molecule has 1 aliphatic rings. The second kappa shape index (κ2) is 14.9. The summed E-state index contributed by atoms with van der Waals surface area (Å²) in [7, 11) is 0. The van der Waals surface area contributed by atoms with E-state index in [-0.39, 0.29) is 5.91 Å². The summed E-state index contributed by atoms with van der Waals surface area (Å²) in [5.74, 6) is -2.76. The van der Waals surface area contributed by atoms with Gasteiger partial charge in [-0.05, 0) is 31.7 Å². The van der Waals surface area contributed by atoms with Crippen molar-refractivity contribution in [3.63, 3.8) is 0 Å². The number of rotatable bonds is 9. The molecule has 0 atom stereocenters. The van der Waals surface area contributed by atoms with Crippen molar-refractivity contribution < 1.29 is 24.6 Å². The molecule has 0 unspecified atom stereocenters. The van der Waals surface area contributed by atoms with E-state index in [9.17, 15) is 4.79 Å². The van der Waals surface area contributed by atoms with Crippen LogP contribution in [-0.2, 0) is 14.4 Å².